The van der Waals surface area contributed by atoms with E-state index in [0.29, 0.717) is 5.92 Å². The number of carbonyl (C=O) groups is 1. The molecule has 1 fully saturated rings. The third-order valence-electron chi connectivity index (χ3n) is 3.56. The summed E-state index contributed by atoms with van der Waals surface area (Å²) in [5, 5.41) is 6.35. The number of hydrogen-bond acceptors (Lipinski definition) is 2. The Labute approximate surface area is 116 Å². The van der Waals surface area contributed by atoms with Crippen molar-refractivity contribution in [3.63, 3.8) is 0 Å². The average molecular weight is 311 g/mol. The monoisotopic (exact) mass is 310 g/mol. The molecule has 18 heavy (non-hydrogen) atoms. The van der Waals surface area contributed by atoms with Gasteiger partial charge >= 0.3 is 0 Å². The van der Waals surface area contributed by atoms with Crippen LogP contribution in [0.25, 0.3) is 0 Å². The molecule has 3 nitrogen and oxygen atoms in total. The minimum absolute atomic E-state index is 0.0443. The van der Waals surface area contributed by atoms with Gasteiger partial charge in [-0.25, -0.2) is 0 Å². The highest BCUT2D eigenvalue weighted by Crippen LogP contribution is 2.20. The van der Waals surface area contributed by atoms with Crippen LogP contribution in [0.2, 0.25) is 0 Å². The number of halogens is 1. The largest absolute Gasteiger partial charge is 0.349 e. The Morgan fingerprint density at radius 1 is 1.50 bits per heavy atom. The van der Waals surface area contributed by atoms with E-state index in [1.165, 1.54) is 0 Å². The molecule has 1 aliphatic rings. The summed E-state index contributed by atoms with van der Waals surface area (Å²) in [6.45, 7) is 5.86. The lowest BCUT2D eigenvalue weighted by atomic mass is 9.96. The molecule has 2 N–H and O–H groups in total. The molecule has 3 atom stereocenters. The molecule has 0 spiro atoms. The van der Waals surface area contributed by atoms with Crippen molar-refractivity contribution >= 4 is 21.8 Å². The highest BCUT2D eigenvalue weighted by molar-refractivity contribution is 9.10. The molecule has 98 valence electrons. The van der Waals surface area contributed by atoms with E-state index in [-0.39, 0.29) is 17.9 Å². The second-order valence-electron chi connectivity index (χ2n) is 5.03. The SMILES string of the molecule is CC1CNCC1C(=O)N[C@@H](C)c1cccc(Br)c1. The van der Waals surface area contributed by atoms with Crippen molar-refractivity contribution in [3.8, 4) is 0 Å². The van der Waals surface area contributed by atoms with Gasteiger partial charge < -0.3 is 10.6 Å². The van der Waals surface area contributed by atoms with E-state index in [9.17, 15) is 4.79 Å². The molecular formula is C14H19BrN2O. The van der Waals surface area contributed by atoms with Gasteiger partial charge in [0.15, 0.2) is 0 Å². The highest BCUT2D eigenvalue weighted by Gasteiger charge is 2.30. The normalized spacial score (nSPS) is 24.8. The second kappa shape index (κ2) is 5.85. The predicted octanol–water partition coefficient (Wildman–Crippen LogP) is 2.48. The molecule has 0 saturated carbocycles. The molecule has 1 heterocycles. The van der Waals surface area contributed by atoms with Crippen LogP contribution in [0.1, 0.15) is 25.5 Å². The third kappa shape index (κ3) is 3.12. The summed E-state index contributed by atoms with van der Waals surface area (Å²) in [4.78, 5) is 12.2. The standard InChI is InChI=1S/C14H19BrN2O/c1-9-7-16-8-13(9)14(18)17-10(2)11-4-3-5-12(15)6-11/h3-6,9-10,13,16H,7-8H2,1-2H3,(H,17,18)/t9?,10-,13?/m0/s1. The van der Waals surface area contributed by atoms with Crippen LogP contribution in [0.4, 0.5) is 0 Å². The van der Waals surface area contributed by atoms with Gasteiger partial charge in [0.1, 0.15) is 0 Å². The zero-order valence-corrected chi connectivity index (χ0v) is 12.3. The lowest BCUT2D eigenvalue weighted by molar-refractivity contribution is -0.126. The van der Waals surface area contributed by atoms with Crippen molar-refractivity contribution in [2.75, 3.05) is 13.1 Å². The number of amides is 1. The van der Waals surface area contributed by atoms with E-state index < -0.39 is 0 Å². The first-order chi connectivity index (χ1) is 8.58. The number of benzene rings is 1. The zero-order valence-electron chi connectivity index (χ0n) is 10.7. The molecule has 2 rings (SSSR count). The molecule has 0 radical (unpaired) electrons. The summed E-state index contributed by atoms with van der Waals surface area (Å²) in [6.07, 6.45) is 0. The van der Waals surface area contributed by atoms with Gasteiger partial charge in [-0.05, 0) is 37.1 Å². The molecule has 0 aliphatic carbocycles. The van der Waals surface area contributed by atoms with Crippen LogP contribution in [0.5, 0.6) is 0 Å². The van der Waals surface area contributed by atoms with E-state index >= 15 is 0 Å². The van der Waals surface area contributed by atoms with Crippen LogP contribution < -0.4 is 10.6 Å². The van der Waals surface area contributed by atoms with Gasteiger partial charge in [0, 0.05) is 11.0 Å². The van der Waals surface area contributed by atoms with Gasteiger partial charge in [-0.2, -0.15) is 0 Å². The number of carbonyl (C=O) groups excluding carboxylic acids is 1. The van der Waals surface area contributed by atoms with Crippen molar-refractivity contribution < 1.29 is 4.79 Å². The maximum atomic E-state index is 12.2. The van der Waals surface area contributed by atoms with E-state index in [0.717, 1.165) is 23.1 Å². The van der Waals surface area contributed by atoms with Crippen LogP contribution >= 0.6 is 15.9 Å². The molecule has 1 aromatic rings. The Morgan fingerprint density at radius 3 is 2.89 bits per heavy atom. The van der Waals surface area contributed by atoms with Crippen molar-refractivity contribution in [1.29, 1.82) is 0 Å². The minimum atomic E-state index is 0.0443. The molecular weight excluding hydrogens is 292 g/mol. The predicted molar refractivity (Wildman–Crippen MR) is 76.2 cm³/mol. The first kappa shape index (κ1) is 13.6. The zero-order chi connectivity index (χ0) is 13.1. The van der Waals surface area contributed by atoms with Crippen LogP contribution in [0.15, 0.2) is 28.7 Å². The molecule has 1 aliphatic heterocycles. The van der Waals surface area contributed by atoms with Gasteiger partial charge in [0.25, 0.3) is 0 Å². The van der Waals surface area contributed by atoms with Crippen molar-refractivity contribution in [2.24, 2.45) is 11.8 Å². The Kier molecular flexibility index (Phi) is 4.40. The van der Waals surface area contributed by atoms with Crippen LogP contribution in [-0.4, -0.2) is 19.0 Å². The van der Waals surface area contributed by atoms with Crippen LogP contribution in [-0.2, 0) is 4.79 Å². The lowest BCUT2D eigenvalue weighted by Crippen LogP contribution is -2.35. The molecule has 2 unspecified atom stereocenters. The summed E-state index contributed by atoms with van der Waals surface area (Å²) < 4.78 is 1.04. The Bertz CT molecular complexity index is 436. The van der Waals surface area contributed by atoms with Crippen LogP contribution in [0.3, 0.4) is 0 Å². The number of hydrogen-bond donors (Lipinski definition) is 2. The average Bonchev–Trinajstić information content (AvgIpc) is 2.75. The number of nitrogens with one attached hydrogen (secondary N) is 2. The van der Waals surface area contributed by atoms with Gasteiger partial charge in [-0.15, -0.1) is 0 Å². The summed E-state index contributed by atoms with van der Waals surface area (Å²) in [5.74, 6) is 0.666. The topological polar surface area (TPSA) is 41.1 Å². The van der Waals surface area contributed by atoms with Crippen molar-refractivity contribution in [3.05, 3.63) is 34.3 Å². The first-order valence-corrected chi connectivity index (χ1v) is 7.14. The third-order valence-corrected chi connectivity index (χ3v) is 4.05. The van der Waals surface area contributed by atoms with E-state index in [1.807, 2.05) is 31.2 Å². The minimum Gasteiger partial charge on any atom is -0.349 e. The van der Waals surface area contributed by atoms with E-state index in [1.54, 1.807) is 0 Å². The van der Waals surface area contributed by atoms with Crippen LogP contribution in [0, 0.1) is 11.8 Å². The molecule has 1 amide bonds. The maximum Gasteiger partial charge on any atom is 0.225 e. The van der Waals surface area contributed by atoms with Crippen molar-refractivity contribution in [1.82, 2.24) is 10.6 Å². The van der Waals surface area contributed by atoms with Gasteiger partial charge in [-0.3, -0.25) is 4.79 Å². The fraction of sp³-hybridized carbons (Fsp3) is 0.500. The van der Waals surface area contributed by atoms with E-state index in [4.69, 9.17) is 0 Å². The van der Waals surface area contributed by atoms with Gasteiger partial charge in [0.05, 0.1) is 12.0 Å². The lowest BCUT2D eigenvalue weighted by Gasteiger charge is -2.19. The highest BCUT2D eigenvalue weighted by atomic mass is 79.9. The molecule has 0 bridgehead atoms. The Balaban J connectivity index is 1.98. The second-order valence-corrected chi connectivity index (χ2v) is 5.94. The van der Waals surface area contributed by atoms with Gasteiger partial charge in [-0.1, -0.05) is 35.0 Å². The number of rotatable bonds is 3. The smallest absolute Gasteiger partial charge is 0.225 e. The fourth-order valence-electron chi connectivity index (χ4n) is 2.34. The first-order valence-electron chi connectivity index (χ1n) is 6.34. The van der Waals surface area contributed by atoms with Gasteiger partial charge in [0.2, 0.25) is 5.91 Å². The summed E-state index contributed by atoms with van der Waals surface area (Å²) in [6, 6.07) is 8.10. The summed E-state index contributed by atoms with van der Waals surface area (Å²) >= 11 is 3.45. The Hall–Kier alpha value is -0.870. The molecule has 4 heteroatoms. The fourth-order valence-corrected chi connectivity index (χ4v) is 2.76. The molecule has 0 aromatic heterocycles. The van der Waals surface area contributed by atoms with E-state index in [2.05, 4.69) is 33.5 Å². The Morgan fingerprint density at radius 2 is 2.28 bits per heavy atom. The maximum absolute atomic E-state index is 12.2. The quantitative estimate of drug-likeness (QED) is 0.900. The molecule has 1 saturated heterocycles. The van der Waals surface area contributed by atoms with Crippen molar-refractivity contribution in [2.45, 2.75) is 19.9 Å². The summed E-state index contributed by atoms with van der Waals surface area (Å²) in [7, 11) is 0. The summed E-state index contributed by atoms with van der Waals surface area (Å²) in [5.41, 5.74) is 1.12. The molecule has 1 aromatic carbocycles.